The summed E-state index contributed by atoms with van der Waals surface area (Å²) in [4.78, 5) is 27.7. The molecule has 0 saturated carbocycles. The molecule has 0 bridgehead atoms. The molecular formula is C81H126N6. The van der Waals surface area contributed by atoms with Gasteiger partial charge in [0.05, 0.1) is 0 Å². The molecule has 3 aromatic carbocycles. The van der Waals surface area contributed by atoms with Crippen LogP contribution in [-0.4, -0.2) is 29.9 Å². The molecule has 480 valence electrons. The fourth-order valence-electron chi connectivity index (χ4n) is 11.5. The van der Waals surface area contributed by atoms with E-state index in [1.807, 2.05) is 37.2 Å². The lowest BCUT2D eigenvalue weighted by molar-refractivity contribution is 0.575. The zero-order chi connectivity index (χ0) is 61.7. The highest BCUT2D eigenvalue weighted by molar-refractivity contribution is 5.56. The summed E-state index contributed by atoms with van der Waals surface area (Å²) in [5, 5.41) is 0. The number of benzene rings is 3. The molecule has 6 heteroatoms. The van der Waals surface area contributed by atoms with Crippen LogP contribution in [0.2, 0.25) is 0 Å². The Hall–Kier alpha value is -5.10. The molecule has 0 aliphatic carbocycles. The lowest BCUT2D eigenvalue weighted by Crippen LogP contribution is -1.94. The van der Waals surface area contributed by atoms with Gasteiger partial charge in [0.2, 0.25) is 0 Å². The van der Waals surface area contributed by atoms with E-state index in [4.69, 9.17) is 0 Å². The van der Waals surface area contributed by atoms with E-state index in [1.165, 1.54) is 303 Å². The average Bonchev–Trinajstić information content (AvgIpc) is 3.76. The molecule has 3 heterocycles. The van der Waals surface area contributed by atoms with E-state index in [1.54, 1.807) is 0 Å². The lowest BCUT2D eigenvalue weighted by atomic mass is 10.0. The van der Waals surface area contributed by atoms with Gasteiger partial charge in [-0.2, -0.15) is 0 Å². The summed E-state index contributed by atoms with van der Waals surface area (Å²) in [5.41, 5.74) is 11.5. The highest BCUT2D eigenvalue weighted by atomic mass is 14.9. The summed E-state index contributed by atoms with van der Waals surface area (Å²) in [5.74, 6) is 2.54. The highest BCUT2D eigenvalue weighted by Crippen LogP contribution is 2.22. The SMILES string of the molecule is CCCCCCCCCCc1cnc(-c2ccc(CCCCCCC)cc2)nc1.CCCCCCCCCc1ccc(-c2ncc(CCCCCCCC)cn2)cc1.CCCCCCCCCc1cnc(-c2ccc(CCCCCCCC)cc2)nc1. The van der Waals surface area contributed by atoms with Crippen LogP contribution in [0.25, 0.3) is 34.2 Å². The number of aromatic nitrogens is 6. The summed E-state index contributed by atoms with van der Waals surface area (Å²) in [7, 11) is 0. The first kappa shape index (κ1) is 74.4. The van der Waals surface area contributed by atoms with Crippen molar-refractivity contribution >= 4 is 0 Å². The van der Waals surface area contributed by atoms with Gasteiger partial charge in [0.1, 0.15) is 0 Å². The lowest BCUT2D eigenvalue weighted by Gasteiger charge is -2.06. The Morgan fingerprint density at radius 2 is 0.322 bits per heavy atom. The first-order valence-corrected chi connectivity index (χ1v) is 36.7. The second kappa shape index (κ2) is 51.8. The Kier molecular flexibility index (Phi) is 44.2. The van der Waals surface area contributed by atoms with Crippen LogP contribution in [0.4, 0.5) is 0 Å². The number of rotatable bonds is 48. The van der Waals surface area contributed by atoms with Gasteiger partial charge in [-0.3, -0.25) is 0 Å². The number of nitrogens with zero attached hydrogens (tertiary/aromatic N) is 6. The third kappa shape index (κ3) is 36.2. The molecule has 0 fully saturated rings. The van der Waals surface area contributed by atoms with Gasteiger partial charge in [0, 0.05) is 53.9 Å². The maximum atomic E-state index is 4.61. The normalized spacial score (nSPS) is 11.1. The minimum Gasteiger partial charge on any atom is -0.236 e. The van der Waals surface area contributed by atoms with Crippen LogP contribution in [0.1, 0.15) is 325 Å². The van der Waals surface area contributed by atoms with Gasteiger partial charge < -0.3 is 0 Å². The van der Waals surface area contributed by atoms with E-state index >= 15 is 0 Å². The second-order valence-corrected chi connectivity index (χ2v) is 25.5. The van der Waals surface area contributed by atoms with Gasteiger partial charge in [0.15, 0.2) is 17.5 Å². The molecule has 0 radical (unpaired) electrons. The molecular weight excluding hydrogens is 1060 g/mol. The van der Waals surface area contributed by atoms with Crippen LogP contribution in [0.15, 0.2) is 110 Å². The minimum absolute atomic E-state index is 0.846. The molecule has 3 aromatic heterocycles. The van der Waals surface area contributed by atoms with E-state index < -0.39 is 0 Å². The van der Waals surface area contributed by atoms with Gasteiger partial charge in [-0.15, -0.1) is 0 Å². The standard InChI is InChI=1S/3C27H42N2/c1-3-5-7-9-10-11-13-15-17-25-22-28-27(29-23-25)26-20-18-24(19-21-26)16-14-12-8-6-4-2;1-3-5-7-9-11-13-14-16-24-18-20-26(21-19-24)27-28-22-25(23-29-27)17-15-12-10-8-6-4-2;1-3-5-7-9-11-13-15-17-25-22-28-27(29-23-25)26-20-18-24(19-21-26)16-14-12-10-8-6-4-2/h3*18-23H,3-17H2,1-2H3. The van der Waals surface area contributed by atoms with Crippen molar-refractivity contribution in [2.75, 3.05) is 0 Å². The molecule has 0 aliphatic heterocycles. The van der Waals surface area contributed by atoms with Gasteiger partial charge in [-0.25, -0.2) is 29.9 Å². The Labute approximate surface area is 535 Å². The molecule has 0 aliphatic rings. The van der Waals surface area contributed by atoms with Crippen molar-refractivity contribution in [2.45, 2.75) is 330 Å². The molecule has 0 saturated heterocycles. The zero-order valence-corrected chi connectivity index (χ0v) is 56.9. The van der Waals surface area contributed by atoms with Crippen LogP contribution in [0, 0.1) is 0 Å². The molecule has 0 unspecified atom stereocenters. The number of aryl methyl sites for hydroxylation is 6. The van der Waals surface area contributed by atoms with Crippen LogP contribution < -0.4 is 0 Å². The summed E-state index contributed by atoms with van der Waals surface area (Å²) >= 11 is 0. The molecule has 0 spiro atoms. The van der Waals surface area contributed by atoms with E-state index in [-0.39, 0.29) is 0 Å². The fourth-order valence-corrected chi connectivity index (χ4v) is 11.5. The van der Waals surface area contributed by atoms with Gasteiger partial charge in [-0.1, -0.05) is 326 Å². The summed E-state index contributed by atoms with van der Waals surface area (Å²) < 4.78 is 0. The summed E-state index contributed by atoms with van der Waals surface area (Å²) in [6.45, 7) is 13.6. The topological polar surface area (TPSA) is 77.3 Å². The molecule has 6 nitrogen and oxygen atoms in total. The Balaban J connectivity index is 0.000000279. The van der Waals surface area contributed by atoms with Crippen molar-refractivity contribution in [1.29, 1.82) is 0 Å². The number of unbranched alkanes of at least 4 members (excludes halogenated alkanes) is 33. The molecule has 6 aromatic rings. The van der Waals surface area contributed by atoms with Gasteiger partial charge in [-0.05, 0) is 110 Å². The first-order chi connectivity index (χ1) is 43.0. The van der Waals surface area contributed by atoms with Crippen LogP contribution in [-0.2, 0) is 38.5 Å². The monoisotopic (exact) mass is 1180 g/mol. The van der Waals surface area contributed by atoms with Crippen molar-refractivity contribution in [3.8, 4) is 34.2 Å². The summed E-state index contributed by atoms with van der Waals surface area (Å²) in [6.07, 6.45) is 71.7. The molecule has 0 N–H and O–H groups in total. The van der Waals surface area contributed by atoms with Crippen LogP contribution in [0.3, 0.4) is 0 Å². The molecule has 0 amide bonds. The number of hydrogen-bond acceptors (Lipinski definition) is 6. The largest absolute Gasteiger partial charge is 0.236 e. The van der Waals surface area contributed by atoms with E-state index in [0.717, 1.165) is 53.4 Å². The molecule has 6 rings (SSSR count). The first-order valence-electron chi connectivity index (χ1n) is 36.7. The maximum Gasteiger partial charge on any atom is 0.159 e. The van der Waals surface area contributed by atoms with E-state index in [0.29, 0.717) is 0 Å². The third-order valence-electron chi connectivity index (χ3n) is 17.4. The minimum atomic E-state index is 0.846. The average molecular weight is 1180 g/mol. The van der Waals surface area contributed by atoms with Crippen molar-refractivity contribution in [2.24, 2.45) is 0 Å². The second-order valence-electron chi connectivity index (χ2n) is 25.5. The van der Waals surface area contributed by atoms with Crippen molar-refractivity contribution < 1.29 is 0 Å². The summed E-state index contributed by atoms with van der Waals surface area (Å²) in [6, 6.07) is 26.5. The molecule has 87 heavy (non-hydrogen) atoms. The predicted molar refractivity (Wildman–Crippen MR) is 379 cm³/mol. The van der Waals surface area contributed by atoms with Gasteiger partial charge in [0.25, 0.3) is 0 Å². The molecule has 0 atom stereocenters. The predicted octanol–water partition coefficient (Wildman–Crippen LogP) is 25.0. The van der Waals surface area contributed by atoms with Crippen molar-refractivity contribution in [3.05, 3.63) is 143 Å². The van der Waals surface area contributed by atoms with Crippen LogP contribution in [0.5, 0.6) is 0 Å². The van der Waals surface area contributed by atoms with Crippen molar-refractivity contribution in [3.63, 3.8) is 0 Å². The smallest absolute Gasteiger partial charge is 0.159 e. The number of hydrogen-bond donors (Lipinski definition) is 0. The van der Waals surface area contributed by atoms with Gasteiger partial charge >= 0.3 is 0 Å². The highest BCUT2D eigenvalue weighted by Gasteiger charge is 2.07. The Bertz CT molecular complexity index is 2330. The Morgan fingerprint density at radius 1 is 0.172 bits per heavy atom. The quantitative estimate of drug-likeness (QED) is 0.0354. The van der Waals surface area contributed by atoms with E-state index in [9.17, 15) is 0 Å². The fraction of sp³-hybridized carbons (Fsp3) is 0.630. The zero-order valence-electron chi connectivity index (χ0n) is 56.9. The third-order valence-corrected chi connectivity index (χ3v) is 17.4. The van der Waals surface area contributed by atoms with E-state index in [2.05, 4.69) is 144 Å². The maximum absolute atomic E-state index is 4.61. The Morgan fingerprint density at radius 3 is 0.494 bits per heavy atom. The van der Waals surface area contributed by atoms with Crippen molar-refractivity contribution in [1.82, 2.24) is 29.9 Å². The van der Waals surface area contributed by atoms with Crippen LogP contribution >= 0.6 is 0 Å².